The van der Waals surface area contributed by atoms with Crippen molar-refractivity contribution in [2.24, 2.45) is 0 Å². The van der Waals surface area contributed by atoms with E-state index in [0.29, 0.717) is 18.0 Å². The van der Waals surface area contributed by atoms with Crippen LogP contribution in [0.1, 0.15) is 27.7 Å². The van der Waals surface area contributed by atoms with Crippen LogP contribution in [0.15, 0.2) is 54.2 Å². The van der Waals surface area contributed by atoms with Gasteiger partial charge in [0.05, 0.1) is 16.6 Å². The highest BCUT2D eigenvalue weighted by Crippen LogP contribution is 2.23. The molecule has 134 valence electrons. The van der Waals surface area contributed by atoms with Crippen molar-refractivity contribution in [2.45, 2.75) is 25.7 Å². The highest BCUT2D eigenvalue weighted by atomic mass is 35.5. The first-order chi connectivity index (χ1) is 12.6. The standard InChI is InChI=1S/C20H20ClN3OS/c1-14-24-18(13-26-14)8-11-23-20(25)19(12-15-6-9-22-10-7-15)16-2-4-17(21)5-3-16/h2-7,9-10,13,19H,8,11-12H2,1H3,(H,23,25). The minimum absolute atomic E-state index is 0.0103. The van der Waals surface area contributed by atoms with E-state index in [1.807, 2.05) is 48.7 Å². The number of nitrogens with one attached hydrogen (secondary N) is 1. The SMILES string of the molecule is Cc1nc(CCNC(=O)C(Cc2ccncc2)c2ccc(Cl)cc2)cs1. The van der Waals surface area contributed by atoms with Crippen molar-refractivity contribution in [1.82, 2.24) is 15.3 Å². The Kier molecular flexibility index (Phi) is 6.36. The molecule has 1 amide bonds. The Labute approximate surface area is 162 Å². The average Bonchev–Trinajstić information content (AvgIpc) is 3.06. The molecule has 2 heterocycles. The van der Waals surface area contributed by atoms with E-state index in [2.05, 4.69) is 15.3 Å². The molecule has 0 saturated heterocycles. The molecule has 0 aliphatic rings. The number of amides is 1. The number of hydrogen-bond donors (Lipinski definition) is 1. The zero-order valence-electron chi connectivity index (χ0n) is 14.5. The van der Waals surface area contributed by atoms with E-state index in [-0.39, 0.29) is 11.8 Å². The summed E-state index contributed by atoms with van der Waals surface area (Å²) >= 11 is 7.62. The summed E-state index contributed by atoms with van der Waals surface area (Å²) in [6, 6.07) is 11.3. The first-order valence-corrected chi connectivity index (χ1v) is 9.70. The lowest BCUT2D eigenvalue weighted by atomic mass is 9.91. The van der Waals surface area contributed by atoms with Crippen LogP contribution < -0.4 is 5.32 Å². The van der Waals surface area contributed by atoms with Crippen LogP contribution in [0.4, 0.5) is 0 Å². The van der Waals surface area contributed by atoms with Crippen LogP contribution >= 0.6 is 22.9 Å². The van der Waals surface area contributed by atoms with Gasteiger partial charge in [0.25, 0.3) is 0 Å². The minimum atomic E-state index is -0.271. The number of thiazole rings is 1. The maximum Gasteiger partial charge on any atom is 0.227 e. The number of nitrogens with zero attached hydrogens (tertiary/aromatic N) is 2. The van der Waals surface area contributed by atoms with E-state index >= 15 is 0 Å². The lowest BCUT2D eigenvalue weighted by Crippen LogP contribution is -2.32. The van der Waals surface area contributed by atoms with E-state index in [1.54, 1.807) is 23.7 Å². The Balaban J connectivity index is 1.69. The number of carbonyl (C=O) groups is 1. The number of hydrogen-bond acceptors (Lipinski definition) is 4. The van der Waals surface area contributed by atoms with Gasteiger partial charge in [-0.15, -0.1) is 11.3 Å². The molecular weight excluding hydrogens is 366 g/mol. The number of rotatable bonds is 7. The van der Waals surface area contributed by atoms with Gasteiger partial charge in [0.1, 0.15) is 0 Å². The lowest BCUT2D eigenvalue weighted by Gasteiger charge is -2.17. The van der Waals surface area contributed by atoms with Crippen LogP contribution in [0.2, 0.25) is 5.02 Å². The summed E-state index contributed by atoms with van der Waals surface area (Å²) < 4.78 is 0. The Morgan fingerprint density at radius 1 is 1.19 bits per heavy atom. The molecule has 1 N–H and O–H groups in total. The van der Waals surface area contributed by atoms with Gasteiger partial charge in [-0.1, -0.05) is 23.7 Å². The molecule has 2 aromatic heterocycles. The van der Waals surface area contributed by atoms with Crippen molar-refractivity contribution in [3.8, 4) is 0 Å². The zero-order valence-corrected chi connectivity index (χ0v) is 16.1. The highest BCUT2D eigenvalue weighted by Gasteiger charge is 2.21. The van der Waals surface area contributed by atoms with E-state index in [9.17, 15) is 4.79 Å². The maximum atomic E-state index is 12.9. The Morgan fingerprint density at radius 2 is 1.92 bits per heavy atom. The number of benzene rings is 1. The summed E-state index contributed by atoms with van der Waals surface area (Å²) in [7, 11) is 0. The molecule has 0 aliphatic carbocycles. The largest absolute Gasteiger partial charge is 0.355 e. The third-order valence-corrected chi connectivity index (χ3v) is 5.20. The second kappa shape index (κ2) is 8.92. The number of carbonyl (C=O) groups excluding carboxylic acids is 1. The summed E-state index contributed by atoms with van der Waals surface area (Å²) in [5, 5.41) is 6.79. The topological polar surface area (TPSA) is 54.9 Å². The van der Waals surface area contributed by atoms with Gasteiger partial charge in [0.2, 0.25) is 5.91 Å². The van der Waals surface area contributed by atoms with Crippen molar-refractivity contribution in [3.63, 3.8) is 0 Å². The van der Waals surface area contributed by atoms with Crippen molar-refractivity contribution < 1.29 is 4.79 Å². The molecule has 0 aliphatic heterocycles. The van der Waals surface area contributed by atoms with E-state index in [4.69, 9.17) is 11.6 Å². The molecule has 1 aromatic carbocycles. The van der Waals surface area contributed by atoms with Gasteiger partial charge in [0.15, 0.2) is 0 Å². The van der Waals surface area contributed by atoms with Crippen molar-refractivity contribution in [1.29, 1.82) is 0 Å². The Morgan fingerprint density at radius 3 is 2.58 bits per heavy atom. The number of halogens is 1. The quantitative estimate of drug-likeness (QED) is 0.663. The smallest absolute Gasteiger partial charge is 0.227 e. The summed E-state index contributed by atoms with van der Waals surface area (Å²) in [5.74, 6) is -0.261. The molecule has 1 unspecified atom stereocenters. The molecule has 0 bridgehead atoms. The van der Waals surface area contributed by atoms with Crippen LogP contribution in [-0.4, -0.2) is 22.4 Å². The second-order valence-corrected chi connectivity index (χ2v) is 7.56. The summed E-state index contributed by atoms with van der Waals surface area (Å²) in [6.07, 6.45) is 4.85. The molecule has 0 saturated carbocycles. The molecule has 26 heavy (non-hydrogen) atoms. The maximum absolute atomic E-state index is 12.9. The van der Waals surface area contributed by atoms with E-state index < -0.39 is 0 Å². The number of aryl methyl sites for hydroxylation is 1. The van der Waals surface area contributed by atoms with Gasteiger partial charge in [-0.3, -0.25) is 9.78 Å². The van der Waals surface area contributed by atoms with Crippen LogP contribution in [0, 0.1) is 6.92 Å². The molecule has 1 atom stereocenters. The summed E-state index contributed by atoms with van der Waals surface area (Å²) in [6.45, 7) is 2.56. The molecular formula is C20H20ClN3OS. The highest BCUT2D eigenvalue weighted by molar-refractivity contribution is 7.09. The van der Waals surface area contributed by atoms with Gasteiger partial charge in [-0.2, -0.15) is 0 Å². The Bertz CT molecular complexity index is 849. The summed E-state index contributed by atoms with van der Waals surface area (Å²) in [5.41, 5.74) is 3.04. The van der Waals surface area contributed by atoms with Crippen molar-refractivity contribution in [2.75, 3.05) is 6.54 Å². The van der Waals surface area contributed by atoms with Crippen LogP contribution in [-0.2, 0) is 17.6 Å². The average molecular weight is 386 g/mol. The van der Waals surface area contributed by atoms with Crippen molar-refractivity contribution >= 4 is 28.8 Å². The molecule has 6 heteroatoms. The molecule has 0 radical (unpaired) electrons. The van der Waals surface area contributed by atoms with Gasteiger partial charge < -0.3 is 5.32 Å². The first kappa shape index (κ1) is 18.5. The third-order valence-electron chi connectivity index (χ3n) is 4.12. The minimum Gasteiger partial charge on any atom is -0.355 e. The Hall–Kier alpha value is -2.24. The predicted molar refractivity (Wildman–Crippen MR) is 106 cm³/mol. The number of aromatic nitrogens is 2. The fraction of sp³-hybridized carbons (Fsp3) is 0.250. The second-order valence-electron chi connectivity index (χ2n) is 6.06. The van der Waals surface area contributed by atoms with E-state index in [0.717, 1.165) is 28.2 Å². The van der Waals surface area contributed by atoms with Gasteiger partial charge >= 0.3 is 0 Å². The molecule has 3 aromatic rings. The van der Waals surface area contributed by atoms with Crippen LogP contribution in [0.25, 0.3) is 0 Å². The fourth-order valence-electron chi connectivity index (χ4n) is 2.77. The molecule has 3 rings (SSSR count). The van der Waals surface area contributed by atoms with Crippen LogP contribution in [0.5, 0.6) is 0 Å². The zero-order chi connectivity index (χ0) is 18.4. The van der Waals surface area contributed by atoms with Crippen molar-refractivity contribution in [3.05, 3.63) is 81.0 Å². The molecule has 0 fully saturated rings. The van der Waals surface area contributed by atoms with Crippen LogP contribution in [0.3, 0.4) is 0 Å². The van der Waals surface area contributed by atoms with Gasteiger partial charge in [0, 0.05) is 35.8 Å². The summed E-state index contributed by atoms with van der Waals surface area (Å²) in [4.78, 5) is 21.3. The third kappa shape index (κ3) is 5.13. The van der Waals surface area contributed by atoms with E-state index in [1.165, 1.54) is 0 Å². The first-order valence-electron chi connectivity index (χ1n) is 8.45. The van der Waals surface area contributed by atoms with Gasteiger partial charge in [-0.05, 0) is 48.7 Å². The lowest BCUT2D eigenvalue weighted by molar-refractivity contribution is -0.122. The van der Waals surface area contributed by atoms with Gasteiger partial charge in [-0.25, -0.2) is 4.98 Å². The fourth-order valence-corrected chi connectivity index (χ4v) is 3.54. The normalized spacial score (nSPS) is 11.9. The monoisotopic (exact) mass is 385 g/mol. The molecule has 4 nitrogen and oxygen atoms in total. The molecule has 0 spiro atoms. The predicted octanol–water partition coefficient (Wildman–Crippen LogP) is 4.19. The number of pyridine rings is 1.